The molecule has 0 radical (unpaired) electrons. The summed E-state index contributed by atoms with van der Waals surface area (Å²) in [4.78, 5) is 18.9. The molecule has 7 nitrogen and oxygen atoms in total. The molecular weight excluding hydrogens is 327 g/mol. The molecule has 0 aliphatic heterocycles. The number of carbonyl (C=O) groups is 1. The van der Waals surface area contributed by atoms with Crippen molar-refractivity contribution in [3.63, 3.8) is 0 Å². The van der Waals surface area contributed by atoms with Crippen LogP contribution in [0.5, 0.6) is 0 Å². The molecule has 0 atom stereocenters. The summed E-state index contributed by atoms with van der Waals surface area (Å²) in [7, 11) is 0. The summed E-state index contributed by atoms with van der Waals surface area (Å²) in [6.07, 6.45) is -0.902. The summed E-state index contributed by atoms with van der Waals surface area (Å²) >= 11 is 0. The van der Waals surface area contributed by atoms with Gasteiger partial charge in [0, 0.05) is 6.20 Å². The van der Waals surface area contributed by atoms with Crippen molar-refractivity contribution in [2.75, 3.05) is 11.6 Å². The number of alkyl halides is 3. The van der Waals surface area contributed by atoms with Crippen LogP contribution in [0.25, 0.3) is 0 Å². The van der Waals surface area contributed by atoms with Gasteiger partial charge in [0.15, 0.2) is 5.71 Å². The molecule has 1 aromatic rings. The standard InChI is InChI=1S/C14H18F3N5O2/c1-5-22(10-6-18-9-19-7-10)21-11(14(15,16)17)8-20-12(23)24-13(2,3)4/h5-7,9H,1,8H2,2-4H3,(H,20,23)/b21-11+. The van der Waals surface area contributed by atoms with E-state index >= 15 is 0 Å². The molecule has 0 aliphatic carbocycles. The van der Waals surface area contributed by atoms with Crippen molar-refractivity contribution in [1.29, 1.82) is 0 Å². The predicted octanol–water partition coefficient (Wildman–Crippen LogP) is 2.87. The van der Waals surface area contributed by atoms with Crippen LogP contribution >= 0.6 is 0 Å². The first-order valence-corrected chi connectivity index (χ1v) is 6.81. The molecule has 0 saturated carbocycles. The Morgan fingerprint density at radius 3 is 2.42 bits per heavy atom. The minimum absolute atomic E-state index is 0.187. The third-order valence-corrected chi connectivity index (χ3v) is 2.34. The smallest absolute Gasteiger partial charge is 0.432 e. The molecule has 1 amide bonds. The van der Waals surface area contributed by atoms with Crippen LogP contribution in [0.3, 0.4) is 0 Å². The first kappa shape index (κ1) is 19.4. The Morgan fingerprint density at radius 2 is 1.96 bits per heavy atom. The van der Waals surface area contributed by atoms with Gasteiger partial charge in [-0.1, -0.05) is 6.58 Å². The Kier molecular flexibility index (Phi) is 6.27. The van der Waals surface area contributed by atoms with E-state index in [1.165, 1.54) is 18.7 Å². The van der Waals surface area contributed by atoms with Gasteiger partial charge in [0.05, 0.1) is 18.9 Å². The summed E-state index contributed by atoms with van der Waals surface area (Å²) in [5.74, 6) is 0. The van der Waals surface area contributed by atoms with E-state index in [-0.39, 0.29) is 5.69 Å². The molecule has 1 N–H and O–H groups in total. The zero-order valence-electron chi connectivity index (χ0n) is 13.5. The Labute approximate surface area is 137 Å². The second-order valence-corrected chi connectivity index (χ2v) is 5.52. The molecule has 10 heteroatoms. The highest BCUT2D eigenvalue weighted by Crippen LogP contribution is 2.20. The lowest BCUT2D eigenvalue weighted by molar-refractivity contribution is -0.0601. The maximum atomic E-state index is 13.1. The molecule has 0 aromatic carbocycles. The molecule has 0 unspecified atom stereocenters. The Morgan fingerprint density at radius 1 is 1.38 bits per heavy atom. The summed E-state index contributed by atoms with van der Waals surface area (Å²) < 4.78 is 44.2. The van der Waals surface area contributed by atoms with E-state index in [4.69, 9.17) is 4.74 Å². The second kappa shape index (κ2) is 7.75. The van der Waals surface area contributed by atoms with E-state index in [0.29, 0.717) is 0 Å². The molecule has 0 bridgehead atoms. The van der Waals surface area contributed by atoms with E-state index in [2.05, 4.69) is 21.6 Å². The number of aromatic nitrogens is 2. The summed E-state index contributed by atoms with van der Waals surface area (Å²) in [5.41, 5.74) is -1.88. The number of rotatable bonds is 5. The highest BCUT2D eigenvalue weighted by Gasteiger charge is 2.37. The van der Waals surface area contributed by atoms with E-state index in [9.17, 15) is 18.0 Å². The number of hydrogen-bond donors (Lipinski definition) is 1. The lowest BCUT2D eigenvalue weighted by Gasteiger charge is -2.21. The van der Waals surface area contributed by atoms with E-state index < -0.39 is 30.1 Å². The summed E-state index contributed by atoms with van der Waals surface area (Å²) in [5, 5.41) is 6.34. The molecule has 1 rings (SSSR count). The Balaban J connectivity index is 2.93. The van der Waals surface area contributed by atoms with Crippen LogP contribution in [0.1, 0.15) is 20.8 Å². The molecule has 132 valence electrons. The Bertz CT molecular complexity index is 597. The number of amides is 1. The fourth-order valence-corrected chi connectivity index (χ4v) is 1.41. The van der Waals surface area contributed by atoms with Gasteiger partial charge in [-0.3, -0.25) is 0 Å². The largest absolute Gasteiger partial charge is 0.444 e. The van der Waals surface area contributed by atoms with Crippen molar-refractivity contribution in [2.45, 2.75) is 32.5 Å². The normalized spacial score (nSPS) is 12.5. The van der Waals surface area contributed by atoms with E-state index in [1.807, 2.05) is 5.32 Å². The van der Waals surface area contributed by atoms with Gasteiger partial charge in [-0.05, 0) is 20.8 Å². The van der Waals surface area contributed by atoms with Crippen LogP contribution in [0, 0.1) is 0 Å². The maximum Gasteiger partial charge on any atom is 0.432 e. The fourth-order valence-electron chi connectivity index (χ4n) is 1.41. The monoisotopic (exact) mass is 345 g/mol. The zero-order chi connectivity index (χ0) is 18.4. The van der Waals surface area contributed by atoms with E-state index in [0.717, 1.165) is 11.2 Å². The van der Waals surface area contributed by atoms with Crippen molar-refractivity contribution < 1.29 is 22.7 Å². The van der Waals surface area contributed by atoms with Gasteiger partial charge < -0.3 is 10.1 Å². The zero-order valence-corrected chi connectivity index (χ0v) is 13.5. The first-order valence-electron chi connectivity index (χ1n) is 6.81. The number of hydrogen-bond acceptors (Lipinski definition) is 6. The van der Waals surface area contributed by atoms with Crippen LogP contribution in [0.15, 0.2) is 36.6 Å². The molecule has 0 aliphatic rings. The average molecular weight is 345 g/mol. The van der Waals surface area contributed by atoms with Gasteiger partial charge in [-0.15, -0.1) is 0 Å². The quantitative estimate of drug-likeness (QED) is 0.656. The van der Waals surface area contributed by atoms with Crippen molar-refractivity contribution in [1.82, 2.24) is 15.3 Å². The fraction of sp³-hybridized carbons (Fsp3) is 0.429. The Hall–Kier alpha value is -2.65. The molecule has 0 spiro atoms. The number of carbonyl (C=O) groups excluding carboxylic acids is 1. The molecule has 1 heterocycles. The van der Waals surface area contributed by atoms with E-state index in [1.54, 1.807) is 20.8 Å². The van der Waals surface area contributed by atoms with Gasteiger partial charge in [0.2, 0.25) is 0 Å². The van der Waals surface area contributed by atoms with Crippen LogP contribution < -0.4 is 10.3 Å². The third kappa shape index (κ3) is 6.63. The van der Waals surface area contributed by atoms with Gasteiger partial charge >= 0.3 is 12.3 Å². The second-order valence-electron chi connectivity index (χ2n) is 5.52. The lowest BCUT2D eigenvalue weighted by atomic mass is 10.2. The van der Waals surface area contributed by atoms with Gasteiger partial charge in [0.1, 0.15) is 17.6 Å². The maximum absolute atomic E-state index is 13.1. The van der Waals surface area contributed by atoms with Gasteiger partial charge in [0.25, 0.3) is 0 Å². The number of alkyl carbamates (subject to hydrolysis) is 1. The van der Waals surface area contributed by atoms with Crippen LogP contribution in [-0.2, 0) is 4.74 Å². The predicted molar refractivity (Wildman–Crippen MR) is 82.4 cm³/mol. The number of ether oxygens (including phenoxy) is 1. The highest BCUT2D eigenvalue weighted by atomic mass is 19.4. The SMILES string of the molecule is C=CN(/N=C(\CNC(=O)OC(C)(C)C)C(F)(F)F)c1cncnc1. The molecule has 24 heavy (non-hydrogen) atoms. The third-order valence-electron chi connectivity index (χ3n) is 2.34. The average Bonchev–Trinajstić information content (AvgIpc) is 2.45. The summed E-state index contributed by atoms with van der Waals surface area (Å²) in [6, 6.07) is 0. The number of halogens is 3. The van der Waals surface area contributed by atoms with Gasteiger partial charge in [-0.2, -0.15) is 18.3 Å². The van der Waals surface area contributed by atoms with Crippen molar-refractivity contribution >= 4 is 17.5 Å². The summed E-state index contributed by atoms with van der Waals surface area (Å²) in [6.45, 7) is 7.33. The number of nitrogens with one attached hydrogen (secondary N) is 1. The van der Waals surface area contributed by atoms with Crippen LogP contribution in [0.2, 0.25) is 0 Å². The topological polar surface area (TPSA) is 79.7 Å². The van der Waals surface area contributed by atoms with Crippen LogP contribution in [0.4, 0.5) is 23.7 Å². The highest BCUT2D eigenvalue weighted by molar-refractivity contribution is 5.94. The minimum Gasteiger partial charge on any atom is -0.444 e. The van der Waals surface area contributed by atoms with Crippen molar-refractivity contribution in [2.24, 2.45) is 5.10 Å². The molecule has 0 fully saturated rings. The number of nitrogens with zero attached hydrogens (tertiary/aromatic N) is 4. The van der Waals surface area contributed by atoms with Crippen molar-refractivity contribution in [3.8, 4) is 0 Å². The van der Waals surface area contributed by atoms with Crippen LogP contribution in [-0.4, -0.2) is 40.1 Å². The lowest BCUT2D eigenvalue weighted by Crippen LogP contribution is -2.40. The molecule has 0 saturated heterocycles. The molecule has 1 aromatic heterocycles. The minimum atomic E-state index is -4.76. The van der Waals surface area contributed by atoms with Crippen molar-refractivity contribution in [3.05, 3.63) is 31.5 Å². The number of anilines is 1. The van der Waals surface area contributed by atoms with Gasteiger partial charge in [-0.25, -0.2) is 19.8 Å². The first-order chi connectivity index (χ1) is 11.0. The number of hydrazone groups is 1. The molecular formula is C14H18F3N5O2.